The number of amides is 2. The number of aliphatic hydroxyl groups excluding tert-OH is 1. The molecule has 2 aliphatic rings. The fourth-order valence-electron chi connectivity index (χ4n) is 5.46. The number of likely N-dealkylation sites (tertiary alicyclic amines) is 1. The van der Waals surface area contributed by atoms with Gasteiger partial charge in [0.1, 0.15) is 29.9 Å². The number of carbonyl (C=O) groups excluding carboxylic acids is 2. The van der Waals surface area contributed by atoms with Crippen molar-refractivity contribution in [3.05, 3.63) is 70.4 Å². The second-order valence-corrected chi connectivity index (χ2v) is 10.5. The first-order valence-corrected chi connectivity index (χ1v) is 13.2. The normalized spacial score (nSPS) is 17.0. The number of nitrogens with zero attached hydrogens (tertiary/aromatic N) is 5. The van der Waals surface area contributed by atoms with Crippen LogP contribution in [0.25, 0.3) is 22.2 Å². The minimum atomic E-state index is -0.873. The van der Waals surface area contributed by atoms with Crippen molar-refractivity contribution in [1.82, 2.24) is 24.4 Å². The number of ether oxygens (including phenoxy) is 1. The molecule has 2 amide bonds. The van der Waals surface area contributed by atoms with Gasteiger partial charge in [0.05, 0.1) is 27.2 Å². The first-order chi connectivity index (χ1) is 18.8. The van der Waals surface area contributed by atoms with E-state index in [1.54, 1.807) is 40.9 Å². The van der Waals surface area contributed by atoms with Gasteiger partial charge in [0.25, 0.3) is 0 Å². The summed E-state index contributed by atoms with van der Waals surface area (Å²) in [5.74, 6) is 0.377. The highest BCUT2D eigenvalue weighted by atomic mass is 35.5. The Balaban J connectivity index is 1.30. The molecule has 2 N–H and O–H groups in total. The maximum absolute atomic E-state index is 13.5. The number of halogens is 2. The lowest BCUT2D eigenvalue weighted by molar-refractivity contribution is -0.136. The summed E-state index contributed by atoms with van der Waals surface area (Å²) in [5.41, 5.74) is 2.25. The first-order valence-electron chi connectivity index (χ1n) is 12.5. The van der Waals surface area contributed by atoms with Crippen molar-refractivity contribution in [2.24, 2.45) is 0 Å². The molecule has 200 valence electrons. The number of pyridine rings is 1. The number of hydrogen-bond donors (Lipinski definition) is 2. The summed E-state index contributed by atoms with van der Waals surface area (Å²) in [4.78, 5) is 40.5. The van der Waals surface area contributed by atoms with E-state index in [1.165, 1.54) is 6.33 Å². The van der Waals surface area contributed by atoms with Crippen LogP contribution in [0, 0.1) is 0 Å². The maximum Gasteiger partial charge on any atom is 0.413 e. The van der Waals surface area contributed by atoms with Crippen LogP contribution in [0.1, 0.15) is 37.1 Å². The molecule has 1 unspecified atom stereocenters. The Morgan fingerprint density at radius 2 is 1.95 bits per heavy atom. The average molecular weight is 567 g/mol. The predicted octanol–water partition coefficient (Wildman–Crippen LogP) is 4.93. The topological polar surface area (TPSA) is 122 Å². The standard InChI is InChI=1S/C27H24Cl2N6O4/c1-15(36)23-21-17(16-4-2-6-19(28)22(16)29)12-35(25(21)32-14-31-23)13-20(37)34-10-7-27(8-11-34)18-5-3-9-30-24(18)33-26(38)39-27/h2-6,9,12,14-15,36H,7-8,10-11,13H2,1H3,(H,30,33,38). The van der Waals surface area contributed by atoms with Crippen LogP contribution in [0.3, 0.4) is 0 Å². The Kier molecular flexibility index (Phi) is 6.41. The van der Waals surface area contributed by atoms with Gasteiger partial charge in [-0.3, -0.25) is 10.1 Å². The molecule has 1 fully saturated rings. The number of nitrogens with one attached hydrogen (secondary N) is 1. The second-order valence-electron chi connectivity index (χ2n) is 9.69. The van der Waals surface area contributed by atoms with Crippen LogP contribution in [0.5, 0.6) is 0 Å². The fourth-order valence-corrected chi connectivity index (χ4v) is 5.86. The molecule has 1 saturated heterocycles. The van der Waals surface area contributed by atoms with Gasteiger partial charge < -0.3 is 19.3 Å². The molecule has 5 heterocycles. The monoisotopic (exact) mass is 566 g/mol. The Bertz CT molecular complexity index is 1610. The summed E-state index contributed by atoms with van der Waals surface area (Å²) >= 11 is 12.8. The lowest BCUT2D eigenvalue weighted by Gasteiger charge is -2.43. The van der Waals surface area contributed by atoms with E-state index in [0.717, 1.165) is 5.56 Å². The van der Waals surface area contributed by atoms with E-state index in [4.69, 9.17) is 27.9 Å². The molecule has 3 aromatic heterocycles. The number of aliphatic hydroxyl groups is 1. The average Bonchev–Trinajstić information content (AvgIpc) is 3.28. The summed E-state index contributed by atoms with van der Waals surface area (Å²) in [6, 6.07) is 9.01. The number of aromatic nitrogens is 4. The zero-order valence-electron chi connectivity index (χ0n) is 20.9. The number of fused-ring (bicyclic) bond motifs is 3. The summed E-state index contributed by atoms with van der Waals surface area (Å²) in [6.07, 6.45) is 4.28. The van der Waals surface area contributed by atoms with Crippen molar-refractivity contribution >= 4 is 52.1 Å². The third-order valence-electron chi connectivity index (χ3n) is 7.36. The molecule has 0 radical (unpaired) electrons. The van der Waals surface area contributed by atoms with Crippen LogP contribution in [0.4, 0.5) is 10.6 Å². The largest absolute Gasteiger partial charge is 0.437 e. The van der Waals surface area contributed by atoms with Gasteiger partial charge in [0.2, 0.25) is 5.91 Å². The van der Waals surface area contributed by atoms with Crippen molar-refractivity contribution in [2.75, 3.05) is 18.4 Å². The molecular formula is C27H24Cl2N6O4. The number of hydrogen-bond acceptors (Lipinski definition) is 7. The summed E-state index contributed by atoms with van der Waals surface area (Å²) < 4.78 is 7.50. The molecule has 1 aromatic carbocycles. The SMILES string of the molecule is CC(O)c1ncnc2c1c(-c1cccc(Cl)c1Cl)cn2CC(=O)N1CCC2(CC1)OC(=O)Nc1ncccc12. The lowest BCUT2D eigenvalue weighted by Crippen LogP contribution is -2.50. The summed E-state index contributed by atoms with van der Waals surface area (Å²) in [5, 5.41) is 14.4. The van der Waals surface area contributed by atoms with Crippen LogP contribution < -0.4 is 5.32 Å². The number of anilines is 1. The molecule has 12 heteroatoms. The van der Waals surface area contributed by atoms with E-state index >= 15 is 0 Å². The molecule has 10 nitrogen and oxygen atoms in total. The minimum Gasteiger partial charge on any atom is -0.437 e. The predicted molar refractivity (Wildman–Crippen MR) is 145 cm³/mol. The van der Waals surface area contributed by atoms with Crippen LogP contribution in [-0.4, -0.2) is 54.6 Å². The van der Waals surface area contributed by atoms with E-state index in [0.29, 0.717) is 69.6 Å². The highest BCUT2D eigenvalue weighted by molar-refractivity contribution is 6.44. The van der Waals surface area contributed by atoms with Crippen LogP contribution in [0.2, 0.25) is 10.0 Å². The Morgan fingerprint density at radius 3 is 2.72 bits per heavy atom. The molecular weight excluding hydrogens is 543 g/mol. The number of piperidine rings is 1. The minimum absolute atomic E-state index is 0.0113. The van der Waals surface area contributed by atoms with Gasteiger partial charge in [-0.2, -0.15) is 0 Å². The summed E-state index contributed by atoms with van der Waals surface area (Å²) in [7, 11) is 0. The highest BCUT2D eigenvalue weighted by Gasteiger charge is 2.45. The molecule has 1 atom stereocenters. The molecule has 1 spiro atoms. The van der Waals surface area contributed by atoms with Crippen LogP contribution in [0.15, 0.2) is 49.1 Å². The van der Waals surface area contributed by atoms with Gasteiger partial charge in [0, 0.05) is 55.0 Å². The van der Waals surface area contributed by atoms with E-state index in [1.807, 2.05) is 18.2 Å². The zero-order chi connectivity index (χ0) is 27.3. The van der Waals surface area contributed by atoms with E-state index in [-0.39, 0.29) is 12.5 Å². The van der Waals surface area contributed by atoms with Gasteiger partial charge in [-0.05, 0) is 25.1 Å². The van der Waals surface area contributed by atoms with Gasteiger partial charge >= 0.3 is 6.09 Å². The Labute approximate surface area is 233 Å². The zero-order valence-corrected chi connectivity index (χ0v) is 22.4. The Morgan fingerprint density at radius 1 is 1.15 bits per heavy atom. The second kappa shape index (κ2) is 9.78. The van der Waals surface area contributed by atoms with Gasteiger partial charge in [-0.1, -0.05) is 35.3 Å². The third kappa shape index (κ3) is 4.38. The molecule has 2 aliphatic heterocycles. The fraction of sp³-hybridized carbons (Fsp3) is 0.296. The van der Waals surface area contributed by atoms with Crippen molar-refractivity contribution in [1.29, 1.82) is 0 Å². The van der Waals surface area contributed by atoms with Crippen LogP contribution >= 0.6 is 23.2 Å². The number of rotatable bonds is 4. The van der Waals surface area contributed by atoms with Gasteiger partial charge in [-0.25, -0.2) is 19.7 Å². The highest BCUT2D eigenvalue weighted by Crippen LogP contribution is 2.43. The van der Waals surface area contributed by atoms with Crippen molar-refractivity contribution in [2.45, 2.75) is 38.0 Å². The number of carbonyl (C=O) groups is 2. The van der Waals surface area contributed by atoms with Crippen molar-refractivity contribution in [3.63, 3.8) is 0 Å². The molecule has 0 bridgehead atoms. The van der Waals surface area contributed by atoms with E-state index in [2.05, 4.69) is 20.3 Å². The maximum atomic E-state index is 13.5. The van der Waals surface area contributed by atoms with Crippen molar-refractivity contribution < 1.29 is 19.4 Å². The molecule has 0 saturated carbocycles. The summed E-state index contributed by atoms with van der Waals surface area (Å²) in [6.45, 7) is 2.44. The third-order valence-corrected chi connectivity index (χ3v) is 8.18. The Hall–Kier alpha value is -3.73. The number of benzene rings is 1. The quantitative estimate of drug-likeness (QED) is 0.359. The lowest BCUT2D eigenvalue weighted by atomic mass is 9.83. The van der Waals surface area contributed by atoms with Gasteiger partial charge in [-0.15, -0.1) is 0 Å². The van der Waals surface area contributed by atoms with E-state index < -0.39 is 17.8 Å². The molecule has 6 rings (SSSR count). The van der Waals surface area contributed by atoms with Crippen LogP contribution in [-0.2, 0) is 21.7 Å². The first kappa shape index (κ1) is 25.5. The molecule has 39 heavy (non-hydrogen) atoms. The van der Waals surface area contributed by atoms with E-state index in [9.17, 15) is 14.7 Å². The smallest absolute Gasteiger partial charge is 0.413 e. The molecule has 4 aromatic rings. The van der Waals surface area contributed by atoms with Crippen molar-refractivity contribution in [3.8, 4) is 11.1 Å². The molecule has 0 aliphatic carbocycles. The van der Waals surface area contributed by atoms with Gasteiger partial charge in [0.15, 0.2) is 0 Å².